The number of carbonyl (C=O) groups is 1. The molecule has 0 heterocycles. The molecule has 0 aromatic rings. The Morgan fingerprint density at radius 2 is 1.90 bits per heavy atom. The van der Waals surface area contributed by atoms with Crippen molar-refractivity contribution in [2.45, 2.75) is 33.3 Å². The maximum atomic E-state index is 10.4. The molecular weight excluding hydrogens is 170 g/mol. The molecule has 0 fully saturated rings. The Morgan fingerprint density at radius 1 is 1.50 bits per heavy atom. The molecule has 0 aliphatic carbocycles. The lowest BCUT2D eigenvalue weighted by Crippen LogP contribution is -2.09. The number of esters is 1. The molecule has 0 saturated carbocycles. The molecule has 4 heteroatoms. The lowest BCUT2D eigenvalue weighted by atomic mass is 10.4. The molecule has 0 saturated heterocycles. The third-order valence-corrected chi connectivity index (χ3v) is 0.656. The molecule has 2 nitrogen and oxygen atoms in total. The van der Waals surface area contributed by atoms with Gasteiger partial charge in [-0.3, -0.25) is 4.79 Å². The second kappa shape index (κ2) is 9.19. The molecule has 0 N–H and O–H groups in total. The van der Waals surface area contributed by atoms with Crippen molar-refractivity contribution in [3.8, 4) is 0 Å². The summed E-state index contributed by atoms with van der Waals surface area (Å²) in [5.74, 6) is -0.125. The van der Waals surface area contributed by atoms with Gasteiger partial charge in [0.2, 0.25) is 0 Å². The molecule has 1 unspecified atom stereocenters. The summed E-state index contributed by atoms with van der Waals surface area (Å²) in [4.78, 5) is 10.4. The van der Waals surface area contributed by atoms with Gasteiger partial charge < -0.3 is 4.74 Å². The predicted octanol–water partition coefficient (Wildman–Crippen LogP) is 1.83. The monoisotopic (exact) mass is 186 g/mol. The summed E-state index contributed by atoms with van der Waals surface area (Å²) in [6.45, 7) is 5.46. The Hall–Kier alpha value is 0.190. The molecule has 1 atom stereocenters. The van der Waals surface area contributed by atoms with E-state index in [4.69, 9.17) is 4.74 Å². The highest BCUT2D eigenvalue weighted by Crippen LogP contribution is 1.90. The summed E-state index contributed by atoms with van der Waals surface area (Å²) in [6.07, 6.45) is 0.500. The number of rotatable bonds is 2. The first-order valence-electron chi connectivity index (χ1n) is 2.86. The molecule has 0 aromatic carbocycles. The third kappa shape index (κ3) is 11.0. The molecule has 0 rings (SSSR count). The smallest absolute Gasteiger partial charge is 0.305 e. The van der Waals surface area contributed by atoms with Gasteiger partial charge in [-0.2, -0.15) is 9.90 Å². The fourth-order valence-electron chi connectivity index (χ4n) is 0.346. The van der Waals surface area contributed by atoms with Gasteiger partial charge >= 0.3 is 5.97 Å². The van der Waals surface area contributed by atoms with E-state index in [2.05, 4.69) is 0 Å². The van der Waals surface area contributed by atoms with Crippen LogP contribution in [0.1, 0.15) is 27.2 Å². The van der Waals surface area contributed by atoms with E-state index in [0.717, 1.165) is 0 Å². The van der Waals surface area contributed by atoms with E-state index < -0.39 is 0 Å². The summed E-state index contributed by atoms with van der Waals surface area (Å²) in [6, 6.07) is 0. The Morgan fingerprint density at radius 3 is 2.00 bits per heavy atom. The van der Waals surface area contributed by atoms with Crippen LogP contribution >= 0.6 is 22.3 Å². The molecule has 0 amide bonds. The van der Waals surface area contributed by atoms with E-state index >= 15 is 0 Å². The Balaban J connectivity index is -0.000000245. The van der Waals surface area contributed by atoms with Crippen LogP contribution in [0.2, 0.25) is 0 Å². The number of carbonyl (C=O) groups excluding carboxylic acids is 1. The van der Waals surface area contributed by atoms with Crippen LogP contribution in [0.5, 0.6) is 0 Å². The zero-order valence-corrected chi connectivity index (χ0v) is 8.95. The van der Waals surface area contributed by atoms with E-state index in [0.29, 0.717) is 6.42 Å². The average molecular weight is 187 g/mol. The quantitative estimate of drug-likeness (QED) is 0.486. The summed E-state index contributed by atoms with van der Waals surface area (Å²) in [5, 5.41) is 0. The summed E-state index contributed by atoms with van der Waals surface area (Å²) < 4.78 is 4.76. The van der Waals surface area contributed by atoms with Gasteiger partial charge in [-0.1, -0.05) is 6.92 Å². The van der Waals surface area contributed by atoms with Crippen molar-refractivity contribution in [2.24, 2.45) is 0 Å². The molecule has 0 bridgehead atoms. The van der Waals surface area contributed by atoms with Gasteiger partial charge in [0, 0.05) is 6.42 Å². The standard InChI is InChI=1S/C6H12O2.ClH.H3P/c1-4-6(7)8-5(2)3;;/h5H,4H2,1-3H3;1H;1H3. The maximum Gasteiger partial charge on any atom is 0.305 e. The summed E-state index contributed by atoms with van der Waals surface area (Å²) in [7, 11) is 0. The van der Waals surface area contributed by atoms with Gasteiger partial charge in [0.05, 0.1) is 6.10 Å². The van der Waals surface area contributed by atoms with Crippen molar-refractivity contribution in [3.63, 3.8) is 0 Å². The van der Waals surface area contributed by atoms with Crippen LogP contribution in [0.3, 0.4) is 0 Å². The van der Waals surface area contributed by atoms with Crippen LogP contribution in [0.25, 0.3) is 0 Å². The minimum atomic E-state index is -0.125. The molecule has 0 spiro atoms. The first-order chi connectivity index (χ1) is 3.66. The van der Waals surface area contributed by atoms with E-state index in [1.165, 1.54) is 0 Å². The van der Waals surface area contributed by atoms with E-state index in [9.17, 15) is 4.79 Å². The highest BCUT2D eigenvalue weighted by Gasteiger charge is 1.98. The van der Waals surface area contributed by atoms with Crippen molar-refractivity contribution in [1.29, 1.82) is 0 Å². The fourth-order valence-corrected chi connectivity index (χ4v) is 0.346. The van der Waals surface area contributed by atoms with Gasteiger partial charge in [0.25, 0.3) is 0 Å². The molecule has 0 aliphatic heterocycles. The third-order valence-electron chi connectivity index (χ3n) is 0.656. The van der Waals surface area contributed by atoms with Gasteiger partial charge in [0.15, 0.2) is 0 Å². The first-order valence-corrected chi connectivity index (χ1v) is 2.86. The zero-order chi connectivity index (χ0) is 6.57. The molecule has 0 aromatic heterocycles. The number of hydrogen-bond acceptors (Lipinski definition) is 2. The number of halogens is 1. The van der Waals surface area contributed by atoms with Crippen LogP contribution in [-0.4, -0.2) is 12.1 Å². The summed E-state index contributed by atoms with van der Waals surface area (Å²) in [5.41, 5.74) is 0. The Labute approximate surface area is 71.7 Å². The van der Waals surface area contributed by atoms with Gasteiger partial charge in [-0.25, -0.2) is 0 Å². The number of ether oxygens (including phenoxy) is 1. The van der Waals surface area contributed by atoms with Crippen molar-refractivity contribution in [1.82, 2.24) is 0 Å². The summed E-state index contributed by atoms with van der Waals surface area (Å²) >= 11 is 0. The van der Waals surface area contributed by atoms with E-state index in [1.54, 1.807) is 6.92 Å². The minimum absolute atomic E-state index is 0. The molecular formula is C6H16ClO2P. The van der Waals surface area contributed by atoms with Crippen molar-refractivity contribution >= 4 is 28.3 Å². The SMILES string of the molecule is CCC(=O)OC(C)C.Cl.P. The van der Waals surface area contributed by atoms with E-state index in [1.807, 2.05) is 13.8 Å². The largest absolute Gasteiger partial charge is 0.463 e. The minimum Gasteiger partial charge on any atom is -0.463 e. The first kappa shape index (κ1) is 16.6. The Kier molecular flexibility index (Phi) is 15.3. The zero-order valence-electron chi connectivity index (χ0n) is 6.72. The Bertz CT molecular complexity index is 85.8. The van der Waals surface area contributed by atoms with E-state index in [-0.39, 0.29) is 34.4 Å². The maximum absolute atomic E-state index is 10.4. The van der Waals surface area contributed by atoms with Gasteiger partial charge in [-0.05, 0) is 13.8 Å². The molecule has 0 radical (unpaired) electrons. The van der Waals surface area contributed by atoms with Gasteiger partial charge in [-0.15, -0.1) is 12.4 Å². The van der Waals surface area contributed by atoms with Crippen LogP contribution in [0.15, 0.2) is 0 Å². The van der Waals surface area contributed by atoms with Crippen LogP contribution < -0.4 is 0 Å². The fraction of sp³-hybridized carbons (Fsp3) is 0.833. The molecule has 0 aliphatic rings. The van der Waals surface area contributed by atoms with Crippen molar-refractivity contribution in [2.75, 3.05) is 0 Å². The lowest BCUT2D eigenvalue weighted by Gasteiger charge is -2.04. The molecule has 64 valence electrons. The predicted molar refractivity (Wildman–Crippen MR) is 49.9 cm³/mol. The van der Waals surface area contributed by atoms with Crippen LogP contribution in [0.4, 0.5) is 0 Å². The second-order valence-corrected chi connectivity index (χ2v) is 1.89. The van der Waals surface area contributed by atoms with Crippen molar-refractivity contribution in [3.05, 3.63) is 0 Å². The topological polar surface area (TPSA) is 26.3 Å². The van der Waals surface area contributed by atoms with Crippen molar-refractivity contribution < 1.29 is 9.53 Å². The highest BCUT2D eigenvalue weighted by atomic mass is 35.5. The second-order valence-electron chi connectivity index (χ2n) is 1.89. The average Bonchev–Trinajstić information content (AvgIpc) is 1.65. The van der Waals surface area contributed by atoms with Gasteiger partial charge in [0.1, 0.15) is 0 Å². The van der Waals surface area contributed by atoms with Crippen LogP contribution in [0, 0.1) is 0 Å². The highest BCUT2D eigenvalue weighted by molar-refractivity contribution is 6.92. The number of hydrogen-bond donors (Lipinski definition) is 0. The normalized spacial score (nSPS) is 7.60. The lowest BCUT2D eigenvalue weighted by molar-refractivity contribution is -0.146. The molecule has 10 heavy (non-hydrogen) atoms. The van der Waals surface area contributed by atoms with Crippen LogP contribution in [-0.2, 0) is 9.53 Å².